The SMILES string of the molecule is CC(C)CC(NC(=O)C(C)NC(=O)C(N)CCC(N)=O)C(=O)NC(CCCN=C(N)N)C(=O)O. The Kier molecular flexibility index (Phi) is 13.9. The lowest BCUT2D eigenvalue weighted by atomic mass is 10.0. The average molecular weight is 487 g/mol. The number of carboxylic acid groups (broad SMARTS) is 1. The van der Waals surface area contributed by atoms with Crippen molar-refractivity contribution in [3.05, 3.63) is 0 Å². The van der Waals surface area contributed by atoms with Gasteiger partial charge >= 0.3 is 5.97 Å². The van der Waals surface area contributed by atoms with Gasteiger partial charge in [-0.2, -0.15) is 0 Å². The number of guanidine groups is 1. The summed E-state index contributed by atoms with van der Waals surface area (Å²) in [6.45, 7) is 5.27. The third kappa shape index (κ3) is 13.2. The predicted octanol–water partition coefficient (Wildman–Crippen LogP) is -2.76. The molecule has 0 aliphatic rings. The number of nitrogens with zero attached hydrogens (tertiary/aromatic N) is 1. The summed E-state index contributed by atoms with van der Waals surface area (Å²) >= 11 is 0. The monoisotopic (exact) mass is 486 g/mol. The van der Waals surface area contributed by atoms with E-state index in [1.54, 1.807) is 0 Å². The highest BCUT2D eigenvalue weighted by molar-refractivity contribution is 5.94. The largest absolute Gasteiger partial charge is 0.480 e. The standard InChI is InChI=1S/C20H38N8O6/c1-10(2)9-14(18(32)27-13(19(33)34)5-4-8-25-20(23)24)28-16(30)11(3)26-17(31)12(21)6-7-15(22)29/h10-14H,4-9,21H2,1-3H3,(H2,22,29)(H,26,31)(H,27,32)(H,28,30)(H,33,34)(H4,23,24,25). The van der Waals surface area contributed by atoms with Gasteiger partial charge in [-0.05, 0) is 38.5 Å². The van der Waals surface area contributed by atoms with Crippen molar-refractivity contribution < 1.29 is 29.1 Å². The number of carbonyl (C=O) groups is 5. The van der Waals surface area contributed by atoms with Crippen LogP contribution in [0.5, 0.6) is 0 Å². The normalized spacial score (nSPS) is 14.3. The Bertz CT molecular complexity index is 753. The second-order valence-electron chi connectivity index (χ2n) is 8.38. The molecule has 0 radical (unpaired) electrons. The number of nitrogens with one attached hydrogen (secondary N) is 3. The van der Waals surface area contributed by atoms with E-state index in [-0.39, 0.29) is 44.1 Å². The summed E-state index contributed by atoms with van der Waals surface area (Å²) in [4.78, 5) is 63.6. The number of aliphatic carboxylic acids is 1. The average Bonchev–Trinajstić information content (AvgIpc) is 2.72. The second kappa shape index (κ2) is 15.4. The Labute approximate surface area is 198 Å². The number of carbonyl (C=O) groups excluding carboxylic acids is 4. The fourth-order valence-corrected chi connectivity index (χ4v) is 2.85. The number of carboxylic acids is 1. The molecule has 194 valence electrons. The molecule has 34 heavy (non-hydrogen) atoms. The van der Waals surface area contributed by atoms with Crippen LogP contribution in [0.25, 0.3) is 0 Å². The van der Waals surface area contributed by atoms with E-state index in [2.05, 4.69) is 20.9 Å². The van der Waals surface area contributed by atoms with Crippen LogP contribution in [0.4, 0.5) is 0 Å². The van der Waals surface area contributed by atoms with E-state index < -0.39 is 53.8 Å². The summed E-state index contributed by atoms with van der Waals surface area (Å²) < 4.78 is 0. The summed E-state index contributed by atoms with van der Waals surface area (Å²) in [5, 5.41) is 16.8. The first-order valence-corrected chi connectivity index (χ1v) is 11.0. The predicted molar refractivity (Wildman–Crippen MR) is 125 cm³/mol. The van der Waals surface area contributed by atoms with Gasteiger partial charge in [-0.15, -0.1) is 0 Å². The van der Waals surface area contributed by atoms with Crippen LogP contribution in [0.1, 0.15) is 52.9 Å². The molecule has 0 fully saturated rings. The van der Waals surface area contributed by atoms with Crippen LogP contribution in [-0.2, 0) is 24.0 Å². The number of amides is 4. The number of nitrogens with two attached hydrogens (primary N) is 4. The molecular formula is C20H38N8O6. The molecule has 4 unspecified atom stereocenters. The van der Waals surface area contributed by atoms with E-state index in [4.69, 9.17) is 22.9 Å². The highest BCUT2D eigenvalue weighted by atomic mass is 16.4. The Hall–Kier alpha value is -3.42. The topological polar surface area (TPSA) is 258 Å². The van der Waals surface area contributed by atoms with Gasteiger partial charge in [-0.3, -0.25) is 24.2 Å². The molecule has 4 amide bonds. The Morgan fingerprint density at radius 1 is 0.853 bits per heavy atom. The lowest BCUT2D eigenvalue weighted by Crippen LogP contribution is -2.56. The molecule has 4 atom stereocenters. The first kappa shape index (κ1) is 30.6. The minimum atomic E-state index is -1.24. The molecule has 0 aromatic rings. The molecule has 0 saturated carbocycles. The maximum Gasteiger partial charge on any atom is 0.326 e. The Morgan fingerprint density at radius 3 is 1.94 bits per heavy atom. The Morgan fingerprint density at radius 2 is 1.44 bits per heavy atom. The zero-order chi connectivity index (χ0) is 26.4. The van der Waals surface area contributed by atoms with Crippen molar-refractivity contribution in [3.63, 3.8) is 0 Å². The molecule has 0 saturated heterocycles. The summed E-state index contributed by atoms with van der Waals surface area (Å²) in [5.41, 5.74) is 21.2. The molecule has 0 aliphatic carbocycles. The summed E-state index contributed by atoms with van der Waals surface area (Å²) in [5.74, 6) is -3.95. The van der Waals surface area contributed by atoms with E-state index >= 15 is 0 Å². The van der Waals surface area contributed by atoms with Gasteiger partial charge in [-0.1, -0.05) is 13.8 Å². The molecule has 0 heterocycles. The number of primary amides is 1. The zero-order valence-electron chi connectivity index (χ0n) is 19.9. The Balaban J connectivity index is 5.07. The van der Waals surface area contributed by atoms with Crippen LogP contribution in [0.15, 0.2) is 4.99 Å². The molecule has 12 N–H and O–H groups in total. The fraction of sp³-hybridized carbons (Fsp3) is 0.700. The van der Waals surface area contributed by atoms with Crippen LogP contribution in [0, 0.1) is 5.92 Å². The van der Waals surface area contributed by atoms with Crippen molar-refractivity contribution in [3.8, 4) is 0 Å². The molecule has 0 aromatic heterocycles. The zero-order valence-corrected chi connectivity index (χ0v) is 19.9. The quantitative estimate of drug-likeness (QED) is 0.0637. The summed E-state index contributed by atoms with van der Waals surface area (Å²) in [6.07, 6.45) is 0.568. The number of hydrogen-bond donors (Lipinski definition) is 8. The third-order valence-electron chi connectivity index (χ3n) is 4.69. The first-order chi connectivity index (χ1) is 15.7. The highest BCUT2D eigenvalue weighted by Gasteiger charge is 2.29. The summed E-state index contributed by atoms with van der Waals surface area (Å²) in [6, 6.07) is -4.30. The molecule has 14 heteroatoms. The van der Waals surface area contributed by atoms with Gasteiger partial charge in [0.15, 0.2) is 5.96 Å². The van der Waals surface area contributed by atoms with Crippen LogP contribution < -0.4 is 38.9 Å². The molecule has 0 bridgehead atoms. The molecular weight excluding hydrogens is 448 g/mol. The van der Waals surface area contributed by atoms with Crippen molar-refractivity contribution in [1.82, 2.24) is 16.0 Å². The van der Waals surface area contributed by atoms with E-state index in [1.165, 1.54) is 6.92 Å². The van der Waals surface area contributed by atoms with Crippen molar-refractivity contribution in [1.29, 1.82) is 0 Å². The minimum Gasteiger partial charge on any atom is -0.480 e. The molecule has 0 spiro atoms. The molecule has 0 aliphatic heterocycles. The van der Waals surface area contributed by atoms with Crippen LogP contribution in [-0.4, -0.2) is 71.4 Å². The van der Waals surface area contributed by atoms with Gasteiger partial charge in [0.25, 0.3) is 0 Å². The summed E-state index contributed by atoms with van der Waals surface area (Å²) in [7, 11) is 0. The second-order valence-corrected chi connectivity index (χ2v) is 8.38. The molecule has 0 aromatic carbocycles. The van der Waals surface area contributed by atoms with E-state index in [1.807, 2.05) is 13.8 Å². The van der Waals surface area contributed by atoms with Gasteiger partial charge in [0.05, 0.1) is 6.04 Å². The number of aliphatic imine (C=N–C) groups is 1. The van der Waals surface area contributed by atoms with Crippen molar-refractivity contribution in [2.45, 2.75) is 77.0 Å². The van der Waals surface area contributed by atoms with Crippen molar-refractivity contribution in [2.24, 2.45) is 33.8 Å². The lowest BCUT2D eigenvalue weighted by Gasteiger charge is -2.24. The van der Waals surface area contributed by atoms with Gasteiger partial charge in [-0.25, -0.2) is 4.79 Å². The highest BCUT2D eigenvalue weighted by Crippen LogP contribution is 2.07. The maximum atomic E-state index is 12.8. The first-order valence-electron chi connectivity index (χ1n) is 11.0. The van der Waals surface area contributed by atoms with Gasteiger partial charge in [0, 0.05) is 13.0 Å². The van der Waals surface area contributed by atoms with Crippen molar-refractivity contribution >= 4 is 35.6 Å². The van der Waals surface area contributed by atoms with Gasteiger partial charge in [0.1, 0.15) is 18.1 Å². The smallest absolute Gasteiger partial charge is 0.326 e. The van der Waals surface area contributed by atoms with E-state index in [0.29, 0.717) is 6.42 Å². The van der Waals surface area contributed by atoms with Crippen LogP contribution >= 0.6 is 0 Å². The van der Waals surface area contributed by atoms with Crippen LogP contribution in [0.3, 0.4) is 0 Å². The van der Waals surface area contributed by atoms with E-state index in [0.717, 1.165) is 0 Å². The van der Waals surface area contributed by atoms with Gasteiger partial charge < -0.3 is 44.0 Å². The third-order valence-corrected chi connectivity index (χ3v) is 4.69. The fourth-order valence-electron chi connectivity index (χ4n) is 2.85. The molecule has 14 nitrogen and oxygen atoms in total. The maximum absolute atomic E-state index is 12.8. The number of hydrogen-bond acceptors (Lipinski definition) is 7. The van der Waals surface area contributed by atoms with Crippen molar-refractivity contribution in [2.75, 3.05) is 6.54 Å². The minimum absolute atomic E-state index is 0.00619. The number of rotatable bonds is 16. The molecule has 0 rings (SSSR count). The van der Waals surface area contributed by atoms with Crippen LogP contribution in [0.2, 0.25) is 0 Å². The van der Waals surface area contributed by atoms with E-state index in [9.17, 15) is 29.1 Å². The lowest BCUT2D eigenvalue weighted by molar-refractivity contribution is -0.142. The van der Waals surface area contributed by atoms with Gasteiger partial charge in [0.2, 0.25) is 23.6 Å².